The van der Waals surface area contributed by atoms with Gasteiger partial charge in [0.15, 0.2) is 11.6 Å². The van der Waals surface area contributed by atoms with Gasteiger partial charge in [-0.3, -0.25) is 0 Å². The summed E-state index contributed by atoms with van der Waals surface area (Å²) in [5.74, 6) is -1.92. The van der Waals surface area contributed by atoms with Crippen LogP contribution in [0.3, 0.4) is 0 Å². The average molecular weight is 335 g/mol. The first-order valence-corrected chi connectivity index (χ1v) is 8.52. The molecule has 6 nitrogen and oxygen atoms in total. The highest BCUT2D eigenvalue weighted by molar-refractivity contribution is 7.88. The first kappa shape index (κ1) is 18.3. The fraction of sp³-hybridized carbons (Fsp3) is 0.462. The van der Waals surface area contributed by atoms with Crippen LogP contribution >= 0.6 is 0 Å². The lowest BCUT2D eigenvalue weighted by molar-refractivity contribution is 0.238. The van der Waals surface area contributed by atoms with Crippen LogP contribution in [0.2, 0.25) is 0 Å². The predicted molar refractivity (Wildman–Crippen MR) is 78.8 cm³/mol. The minimum atomic E-state index is -3.23. The summed E-state index contributed by atoms with van der Waals surface area (Å²) in [6, 6.07) is 2.44. The lowest BCUT2D eigenvalue weighted by Gasteiger charge is -2.15. The summed E-state index contributed by atoms with van der Waals surface area (Å²) in [6.45, 7) is 2.13. The summed E-state index contributed by atoms with van der Waals surface area (Å²) in [4.78, 5) is 11.6. The van der Waals surface area contributed by atoms with Gasteiger partial charge in [-0.1, -0.05) is 6.07 Å². The molecule has 0 spiro atoms. The highest BCUT2D eigenvalue weighted by Crippen LogP contribution is 2.15. The minimum absolute atomic E-state index is 0.220. The molecular weight excluding hydrogens is 316 g/mol. The minimum Gasteiger partial charge on any atom is -0.338 e. The van der Waals surface area contributed by atoms with E-state index < -0.39 is 33.7 Å². The van der Waals surface area contributed by atoms with E-state index in [0.29, 0.717) is 12.0 Å². The van der Waals surface area contributed by atoms with Crippen molar-refractivity contribution in [3.05, 3.63) is 35.4 Å². The van der Waals surface area contributed by atoms with Gasteiger partial charge in [0.2, 0.25) is 10.0 Å². The van der Waals surface area contributed by atoms with Crippen molar-refractivity contribution < 1.29 is 22.0 Å². The highest BCUT2D eigenvalue weighted by atomic mass is 32.2. The van der Waals surface area contributed by atoms with Crippen LogP contribution in [-0.2, 0) is 10.0 Å². The molecule has 3 N–H and O–H groups in total. The first-order valence-electron chi connectivity index (χ1n) is 6.63. The number of hydrogen-bond donors (Lipinski definition) is 3. The Labute approximate surface area is 128 Å². The third-order valence-electron chi connectivity index (χ3n) is 2.79. The summed E-state index contributed by atoms with van der Waals surface area (Å²) >= 11 is 0. The van der Waals surface area contributed by atoms with Gasteiger partial charge in [0.05, 0.1) is 12.3 Å². The van der Waals surface area contributed by atoms with Crippen LogP contribution in [-0.4, -0.2) is 33.8 Å². The molecule has 0 aliphatic heterocycles. The van der Waals surface area contributed by atoms with Crippen molar-refractivity contribution in [1.82, 2.24) is 15.4 Å². The van der Waals surface area contributed by atoms with E-state index in [2.05, 4.69) is 15.4 Å². The molecule has 0 aliphatic carbocycles. The standard InChI is InChI=1S/C13H19F2N3O3S/c1-9(10-4-5-11(14)12(15)8-10)18-13(19)16-6-3-7-17-22(2,20)21/h4-5,8-9,17H,3,6-7H2,1-2H3,(H2,16,18,19)/t9-/m1/s1. The molecule has 0 saturated heterocycles. The van der Waals surface area contributed by atoms with Gasteiger partial charge in [-0.05, 0) is 31.0 Å². The number of halogens is 2. The van der Waals surface area contributed by atoms with E-state index >= 15 is 0 Å². The van der Waals surface area contributed by atoms with Crippen LogP contribution in [0, 0.1) is 11.6 Å². The Kier molecular flexibility index (Phi) is 6.69. The molecule has 9 heteroatoms. The van der Waals surface area contributed by atoms with Crippen LogP contribution in [0.25, 0.3) is 0 Å². The average Bonchev–Trinajstić information content (AvgIpc) is 2.40. The Morgan fingerprint density at radius 1 is 1.23 bits per heavy atom. The molecule has 0 unspecified atom stereocenters. The van der Waals surface area contributed by atoms with Gasteiger partial charge in [-0.2, -0.15) is 0 Å². The zero-order valence-electron chi connectivity index (χ0n) is 12.3. The third kappa shape index (κ3) is 6.81. The second kappa shape index (κ2) is 8.04. The maximum atomic E-state index is 13.1. The summed E-state index contributed by atoms with van der Waals surface area (Å²) < 4.78 is 49.9. The largest absolute Gasteiger partial charge is 0.338 e. The second-order valence-electron chi connectivity index (χ2n) is 4.82. The highest BCUT2D eigenvalue weighted by Gasteiger charge is 2.11. The number of rotatable bonds is 7. The smallest absolute Gasteiger partial charge is 0.315 e. The molecule has 22 heavy (non-hydrogen) atoms. The predicted octanol–water partition coefficient (Wildman–Crippen LogP) is 1.26. The number of amides is 2. The van der Waals surface area contributed by atoms with Crippen molar-refractivity contribution in [3.63, 3.8) is 0 Å². The van der Waals surface area contributed by atoms with Crippen molar-refractivity contribution in [2.75, 3.05) is 19.3 Å². The molecule has 0 aliphatic rings. The van der Waals surface area contributed by atoms with Gasteiger partial charge in [-0.25, -0.2) is 26.7 Å². The molecule has 1 atom stereocenters. The molecule has 1 rings (SSSR count). The van der Waals surface area contributed by atoms with Gasteiger partial charge < -0.3 is 10.6 Å². The molecule has 0 saturated carbocycles. The zero-order valence-corrected chi connectivity index (χ0v) is 13.1. The second-order valence-corrected chi connectivity index (χ2v) is 6.65. The maximum absolute atomic E-state index is 13.1. The fourth-order valence-electron chi connectivity index (χ4n) is 1.66. The van der Waals surface area contributed by atoms with Crippen LogP contribution < -0.4 is 15.4 Å². The van der Waals surface area contributed by atoms with Gasteiger partial charge in [0.1, 0.15) is 0 Å². The Balaban J connectivity index is 2.33. The molecule has 0 radical (unpaired) electrons. The Morgan fingerprint density at radius 3 is 2.50 bits per heavy atom. The lowest BCUT2D eigenvalue weighted by Crippen LogP contribution is -2.38. The molecule has 124 valence electrons. The van der Waals surface area contributed by atoms with Gasteiger partial charge >= 0.3 is 6.03 Å². The lowest BCUT2D eigenvalue weighted by atomic mass is 10.1. The van der Waals surface area contributed by atoms with Gasteiger partial charge in [0.25, 0.3) is 0 Å². The third-order valence-corrected chi connectivity index (χ3v) is 3.52. The molecule has 0 bridgehead atoms. The number of carbonyl (C=O) groups is 1. The van der Waals surface area contributed by atoms with E-state index in [1.54, 1.807) is 6.92 Å². The number of hydrogen-bond acceptors (Lipinski definition) is 3. The van der Waals surface area contributed by atoms with Gasteiger partial charge in [-0.15, -0.1) is 0 Å². The fourth-order valence-corrected chi connectivity index (χ4v) is 2.18. The molecule has 0 heterocycles. The molecule has 0 aromatic heterocycles. The summed E-state index contributed by atoms with van der Waals surface area (Å²) in [6.07, 6.45) is 1.48. The van der Waals surface area contributed by atoms with E-state index in [0.717, 1.165) is 18.4 Å². The van der Waals surface area contributed by atoms with E-state index in [1.165, 1.54) is 6.07 Å². The Morgan fingerprint density at radius 2 is 1.91 bits per heavy atom. The van der Waals surface area contributed by atoms with Crippen LogP contribution in [0.5, 0.6) is 0 Å². The van der Waals surface area contributed by atoms with Crippen LogP contribution in [0.15, 0.2) is 18.2 Å². The number of benzene rings is 1. The van der Waals surface area contributed by atoms with E-state index in [9.17, 15) is 22.0 Å². The zero-order chi connectivity index (χ0) is 16.8. The monoisotopic (exact) mass is 335 g/mol. The van der Waals surface area contributed by atoms with Gasteiger partial charge in [0, 0.05) is 13.1 Å². The van der Waals surface area contributed by atoms with E-state index in [4.69, 9.17) is 0 Å². The van der Waals surface area contributed by atoms with Crippen molar-refractivity contribution in [3.8, 4) is 0 Å². The molecule has 0 fully saturated rings. The SMILES string of the molecule is C[C@@H](NC(=O)NCCCNS(C)(=O)=O)c1ccc(F)c(F)c1. The molecule has 1 aromatic carbocycles. The summed E-state index contributed by atoms with van der Waals surface area (Å²) in [5.41, 5.74) is 0.438. The first-order chi connectivity index (χ1) is 10.2. The van der Waals surface area contributed by atoms with E-state index in [1.807, 2.05) is 0 Å². The van der Waals surface area contributed by atoms with Crippen LogP contribution in [0.4, 0.5) is 13.6 Å². The van der Waals surface area contributed by atoms with E-state index in [-0.39, 0.29) is 13.1 Å². The maximum Gasteiger partial charge on any atom is 0.315 e. The summed E-state index contributed by atoms with van der Waals surface area (Å²) in [5, 5.41) is 5.12. The normalized spacial score (nSPS) is 12.7. The number of carbonyl (C=O) groups excluding carboxylic acids is 1. The Bertz CT molecular complexity index is 623. The van der Waals surface area contributed by atoms with Crippen molar-refractivity contribution >= 4 is 16.1 Å². The Hall–Kier alpha value is -1.74. The van der Waals surface area contributed by atoms with Crippen molar-refractivity contribution in [2.45, 2.75) is 19.4 Å². The number of urea groups is 1. The molecule has 2 amide bonds. The summed E-state index contributed by atoms with van der Waals surface area (Å²) in [7, 11) is -3.23. The van der Waals surface area contributed by atoms with Crippen LogP contribution in [0.1, 0.15) is 24.9 Å². The quantitative estimate of drug-likeness (QED) is 0.656. The van der Waals surface area contributed by atoms with Crippen molar-refractivity contribution in [1.29, 1.82) is 0 Å². The topological polar surface area (TPSA) is 87.3 Å². The number of sulfonamides is 1. The molecular formula is C13H19F2N3O3S. The molecule has 1 aromatic rings. The van der Waals surface area contributed by atoms with Crippen molar-refractivity contribution in [2.24, 2.45) is 0 Å². The number of nitrogens with one attached hydrogen (secondary N) is 3.